The zero-order chi connectivity index (χ0) is 15.6. The normalized spacial score (nSPS) is 10.2. The van der Waals surface area contributed by atoms with Gasteiger partial charge in [-0.3, -0.25) is 4.79 Å². The van der Waals surface area contributed by atoms with Gasteiger partial charge in [0.05, 0.1) is 16.8 Å². The van der Waals surface area contributed by atoms with Crippen LogP contribution in [0.25, 0.3) is 0 Å². The van der Waals surface area contributed by atoms with Crippen molar-refractivity contribution in [1.82, 2.24) is 0 Å². The summed E-state index contributed by atoms with van der Waals surface area (Å²) >= 11 is 9.07. The maximum absolute atomic E-state index is 12.1. The van der Waals surface area contributed by atoms with Crippen molar-refractivity contribution in [3.63, 3.8) is 0 Å². The van der Waals surface area contributed by atoms with Crippen LogP contribution in [-0.2, 0) is 0 Å². The molecule has 108 valence electrons. The first-order valence-electron chi connectivity index (χ1n) is 5.71. The third kappa shape index (κ3) is 3.53. The lowest BCUT2D eigenvalue weighted by atomic mass is 10.1. The van der Waals surface area contributed by atoms with Gasteiger partial charge in [0.15, 0.2) is 0 Å². The van der Waals surface area contributed by atoms with Crippen LogP contribution in [0.4, 0.5) is 5.69 Å². The molecule has 0 saturated carbocycles. The first-order chi connectivity index (χ1) is 9.88. The van der Waals surface area contributed by atoms with E-state index in [1.807, 2.05) is 0 Å². The highest BCUT2D eigenvalue weighted by atomic mass is 79.9. The van der Waals surface area contributed by atoms with Crippen LogP contribution < -0.4 is 5.32 Å². The summed E-state index contributed by atoms with van der Waals surface area (Å²) in [5.74, 6) is -1.98. The maximum atomic E-state index is 12.1. The van der Waals surface area contributed by atoms with Crippen LogP contribution in [0.15, 0.2) is 40.9 Å². The molecule has 0 radical (unpaired) electrons. The molecular weight excluding hydrogens is 362 g/mol. The van der Waals surface area contributed by atoms with E-state index in [9.17, 15) is 14.7 Å². The Morgan fingerprint density at radius 1 is 1.14 bits per heavy atom. The number of benzene rings is 2. The molecule has 0 bridgehead atoms. The quantitative estimate of drug-likeness (QED) is 0.718. The summed E-state index contributed by atoms with van der Waals surface area (Å²) in [6.07, 6.45) is 0. The molecule has 7 heteroatoms. The number of carbonyl (C=O) groups is 2. The molecule has 0 spiro atoms. The van der Waals surface area contributed by atoms with Crippen LogP contribution in [0.2, 0.25) is 5.02 Å². The number of carboxylic acid groups (broad SMARTS) is 1. The SMILES string of the molecule is O=C(O)c1ccc(NC(=O)c2cc(Cl)ccc2Br)c(O)c1. The molecule has 1 amide bonds. The molecule has 0 atom stereocenters. The predicted molar refractivity (Wildman–Crippen MR) is 82.2 cm³/mol. The number of rotatable bonds is 3. The average molecular weight is 371 g/mol. The molecule has 5 nitrogen and oxygen atoms in total. The van der Waals surface area contributed by atoms with Gasteiger partial charge in [0.25, 0.3) is 5.91 Å². The largest absolute Gasteiger partial charge is 0.506 e. The third-order valence-electron chi connectivity index (χ3n) is 2.67. The second-order valence-electron chi connectivity index (χ2n) is 4.12. The Morgan fingerprint density at radius 3 is 2.48 bits per heavy atom. The van der Waals surface area contributed by atoms with Gasteiger partial charge < -0.3 is 15.5 Å². The number of carboxylic acids is 1. The molecule has 21 heavy (non-hydrogen) atoms. The average Bonchev–Trinajstić information content (AvgIpc) is 2.43. The Bertz CT molecular complexity index is 733. The number of aromatic carboxylic acids is 1. The minimum Gasteiger partial charge on any atom is -0.506 e. The van der Waals surface area contributed by atoms with Gasteiger partial charge in [-0.15, -0.1) is 0 Å². The molecule has 0 unspecified atom stereocenters. The van der Waals surface area contributed by atoms with Crippen molar-refractivity contribution in [1.29, 1.82) is 0 Å². The van der Waals surface area contributed by atoms with Crippen molar-refractivity contribution in [2.24, 2.45) is 0 Å². The minimum absolute atomic E-state index is 0.0746. The third-order valence-corrected chi connectivity index (χ3v) is 3.59. The molecule has 0 aliphatic heterocycles. The molecule has 2 aromatic carbocycles. The van der Waals surface area contributed by atoms with E-state index in [-0.39, 0.29) is 17.0 Å². The number of halogens is 2. The fraction of sp³-hybridized carbons (Fsp3) is 0. The van der Waals surface area contributed by atoms with E-state index in [1.54, 1.807) is 12.1 Å². The molecule has 3 N–H and O–H groups in total. The lowest BCUT2D eigenvalue weighted by Gasteiger charge is -2.09. The number of phenols is 1. The number of nitrogens with one attached hydrogen (secondary N) is 1. The van der Waals surface area contributed by atoms with Crippen molar-refractivity contribution >= 4 is 45.1 Å². The highest BCUT2D eigenvalue weighted by molar-refractivity contribution is 9.10. The topological polar surface area (TPSA) is 86.6 Å². The summed E-state index contributed by atoms with van der Waals surface area (Å²) in [6, 6.07) is 8.39. The van der Waals surface area contributed by atoms with E-state index >= 15 is 0 Å². The van der Waals surface area contributed by atoms with Crippen LogP contribution in [-0.4, -0.2) is 22.1 Å². The molecule has 2 aromatic rings. The van der Waals surface area contributed by atoms with E-state index < -0.39 is 11.9 Å². The molecule has 0 aliphatic rings. The molecule has 0 saturated heterocycles. The number of anilines is 1. The van der Waals surface area contributed by atoms with Crippen LogP contribution in [0.1, 0.15) is 20.7 Å². The number of hydrogen-bond acceptors (Lipinski definition) is 3. The molecule has 0 fully saturated rings. The molecule has 0 aliphatic carbocycles. The van der Waals surface area contributed by atoms with E-state index in [2.05, 4.69) is 21.2 Å². The summed E-state index contributed by atoms with van der Waals surface area (Å²) in [5.41, 5.74) is 0.329. The van der Waals surface area contributed by atoms with Crippen molar-refractivity contribution in [2.45, 2.75) is 0 Å². The van der Waals surface area contributed by atoms with Crippen LogP contribution in [0.5, 0.6) is 5.75 Å². The zero-order valence-corrected chi connectivity index (χ0v) is 12.8. The van der Waals surface area contributed by atoms with Gasteiger partial charge in [0.1, 0.15) is 5.75 Å². The molecule has 2 rings (SSSR count). The molecule has 0 heterocycles. The van der Waals surface area contributed by atoms with E-state index in [4.69, 9.17) is 16.7 Å². The van der Waals surface area contributed by atoms with E-state index in [1.165, 1.54) is 18.2 Å². The summed E-state index contributed by atoms with van der Waals surface area (Å²) in [5, 5.41) is 21.4. The number of amides is 1. The highest BCUT2D eigenvalue weighted by Gasteiger charge is 2.14. The van der Waals surface area contributed by atoms with Gasteiger partial charge in [-0.25, -0.2) is 4.79 Å². The van der Waals surface area contributed by atoms with Gasteiger partial charge in [-0.1, -0.05) is 11.6 Å². The number of aromatic hydroxyl groups is 1. The monoisotopic (exact) mass is 369 g/mol. The predicted octanol–water partition coefficient (Wildman–Crippen LogP) is 3.76. The summed E-state index contributed by atoms with van der Waals surface area (Å²) in [6.45, 7) is 0. The van der Waals surface area contributed by atoms with Crippen molar-refractivity contribution < 1.29 is 19.8 Å². The standard InChI is InChI=1S/C14H9BrClNO4/c15-10-3-2-8(16)6-9(10)13(19)17-11-4-1-7(14(20)21)5-12(11)18/h1-6,18H,(H,17,19)(H,20,21). The van der Waals surface area contributed by atoms with Gasteiger partial charge in [0, 0.05) is 9.50 Å². The Kier molecular flexibility index (Phi) is 4.50. The van der Waals surface area contributed by atoms with Gasteiger partial charge in [-0.2, -0.15) is 0 Å². The number of carbonyl (C=O) groups excluding carboxylic acids is 1. The second kappa shape index (κ2) is 6.15. The Balaban J connectivity index is 2.27. The number of phenolic OH excluding ortho intramolecular Hbond substituents is 1. The summed E-state index contributed by atoms with van der Waals surface area (Å²) in [7, 11) is 0. The van der Waals surface area contributed by atoms with Crippen LogP contribution >= 0.6 is 27.5 Å². The highest BCUT2D eigenvalue weighted by Crippen LogP contribution is 2.27. The minimum atomic E-state index is -1.17. The fourth-order valence-corrected chi connectivity index (χ4v) is 2.23. The lowest BCUT2D eigenvalue weighted by Crippen LogP contribution is -2.13. The first-order valence-corrected chi connectivity index (χ1v) is 6.88. The van der Waals surface area contributed by atoms with Crippen LogP contribution in [0.3, 0.4) is 0 Å². The Morgan fingerprint density at radius 2 is 1.86 bits per heavy atom. The van der Waals surface area contributed by atoms with Crippen molar-refractivity contribution in [3.8, 4) is 5.75 Å². The molecular formula is C14H9BrClNO4. The zero-order valence-electron chi connectivity index (χ0n) is 10.4. The first kappa shape index (κ1) is 15.3. The maximum Gasteiger partial charge on any atom is 0.335 e. The summed E-state index contributed by atoms with van der Waals surface area (Å²) < 4.78 is 0.547. The second-order valence-corrected chi connectivity index (χ2v) is 5.41. The Hall–Kier alpha value is -2.05. The molecule has 0 aromatic heterocycles. The van der Waals surface area contributed by atoms with E-state index in [0.717, 1.165) is 6.07 Å². The smallest absolute Gasteiger partial charge is 0.335 e. The number of hydrogen-bond donors (Lipinski definition) is 3. The van der Waals surface area contributed by atoms with Gasteiger partial charge >= 0.3 is 5.97 Å². The van der Waals surface area contributed by atoms with Crippen molar-refractivity contribution in [3.05, 3.63) is 57.0 Å². The van der Waals surface area contributed by atoms with E-state index in [0.29, 0.717) is 15.1 Å². The fourth-order valence-electron chi connectivity index (χ4n) is 1.63. The summed E-state index contributed by atoms with van der Waals surface area (Å²) in [4.78, 5) is 22.9. The van der Waals surface area contributed by atoms with Crippen LogP contribution in [0, 0.1) is 0 Å². The lowest BCUT2D eigenvalue weighted by molar-refractivity contribution is 0.0696. The van der Waals surface area contributed by atoms with Gasteiger partial charge in [0.2, 0.25) is 0 Å². The van der Waals surface area contributed by atoms with Crippen molar-refractivity contribution in [2.75, 3.05) is 5.32 Å². The van der Waals surface area contributed by atoms with Gasteiger partial charge in [-0.05, 0) is 52.3 Å². The Labute approximate surface area is 133 Å².